The van der Waals surface area contributed by atoms with E-state index in [9.17, 15) is 14.0 Å². The van der Waals surface area contributed by atoms with E-state index in [1.54, 1.807) is 12.1 Å². The van der Waals surface area contributed by atoms with Crippen molar-refractivity contribution in [2.75, 3.05) is 19.6 Å². The van der Waals surface area contributed by atoms with E-state index in [4.69, 9.17) is 0 Å². The van der Waals surface area contributed by atoms with Gasteiger partial charge < -0.3 is 5.32 Å². The summed E-state index contributed by atoms with van der Waals surface area (Å²) in [5, 5.41) is 2.63. The molecule has 1 saturated carbocycles. The van der Waals surface area contributed by atoms with Gasteiger partial charge in [-0.15, -0.1) is 0 Å². The summed E-state index contributed by atoms with van der Waals surface area (Å²) in [6.07, 6.45) is 2.14. The van der Waals surface area contributed by atoms with Crippen LogP contribution in [0.4, 0.5) is 9.18 Å². The Labute approximate surface area is 122 Å². The van der Waals surface area contributed by atoms with Crippen LogP contribution in [0.25, 0.3) is 0 Å². The monoisotopic (exact) mass is 291 g/mol. The maximum atomic E-state index is 12.9. The van der Waals surface area contributed by atoms with Crippen LogP contribution >= 0.6 is 0 Å². The number of halogens is 1. The van der Waals surface area contributed by atoms with Crippen molar-refractivity contribution < 1.29 is 14.0 Å². The summed E-state index contributed by atoms with van der Waals surface area (Å²) in [6.45, 7) is 1.79. The van der Waals surface area contributed by atoms with E-state index in [2.05, 4.69) is 10.2 Å². The Bertz CT molecular complexity index is 542. The lowest BCUT2D eigenvalue weighted by atomic mass is 10.2. The summed E-state index contributed by atoms with van der Waals surface area (Å²) in [4.78, 5) is 27.1. The van der Waals surface area contributed by atoms with Crippen molar-refractivity contribution in [2.45, 2.75) is 25.4 Å². The number of imide groups is 1. The van der Waals surface area contributed by atoms with E-state index in [1.807, 2.05) is 0 Å². The molecule has 1 aliphatic carbocycles. The molecule has 2 fully saturated rings. The lowest BCUT2D eigenvalue weighted by Gasteiger charge is -2.23. The molecule has 1 N–H and O–H groups in total. The number of urea groups is 1. The molecule has 0 atom stereocenters. The summed E-state index contributed by atoms with van der Waals surface area (Å²) in [5.41, 5.74) is 0.974. The lowest BCUT2D eigenvalue weighted by Crippen LogP contribution is -2.42. The molecule has 3 rings (SSSR count). The van der Waals surface area contributed by atoms with Gasteiger partial charge in [-0.3, -0.25) is 14.6 Å². The summed E-state index contributed by atoms with van der Waals surface area (Å²) in [5.74, 6) is -0.430. The molecule has 1 aromatic rings. The van der Waals surface area contributed by atoms with Crippen molar-refractivity contribution in [2.24, 2.45) is 0 Å². The lowest BCUT2D eigenvalue weighted by molar-refractivity contribution is -0.129. The molecule has 0 bridgehead atoms. The first kappa shape index (κ1) is 14.0. The zero-order chi connectivity index (χ0) is 14.8. The Hall–Kier alpha value is -1.95. The maximum absolute atomic E-state index is 12.9. The molecule has 0 aromatic heterocycles. The van der Waals surface area contributed by atoms with Crippen molar-refractivity contribution in [1.29, 1.82) is 0 Å². The molecule has 2 aliphatic rings. The second kappa shape index (κ2) is 5.81. The number of carbonyl (C=O) groups is 2. The van der Waals surface area contributed by atoms with Crippen LogP contribution in [0.3, 0.4) is 0 Å². The van der Waals surface area contributed by atoms with Gasteiger partial charge in [0.1, 0.15) is 5.82 Å². The van der Waals surface area contributed by atoms with Crippen LogP contribution in [-0.4, -0.2) is 47.4 Å². The highest BCUT2D eigenvalue weighted by Gasteiger charge is 2.33. The van der Waals surface area contributed by atoms with Crippen LogP contribution in [0.15, 0.2) is 24.3 Å². The molecule has 21 heavy (non-hydrogen) atoms. The zero-order valence-electron chi connectivity index (χ0n) is 11.7. The minimum atomic E-state index is -0.308. The van der Waals surface area contributed by atoms with Crippen LogP contribution < -0.4 is 5.32 Å². The summed E-state index contributed by atoms with van der Waals surface area (Å²) in [7, 11) is 0. The topological polar surface area (TPSA) is 52.7 Å². The van der Waals surface area contributed by atoms with Crippen molar-refractivity contribution in [1.82, 2.24) is 15.1 Å². The van der Waals surface area contributed by atoms with Gasteiger partial charge >= 0.3 is 6.03 Å². The highest BCUT2D eigenvalue weighted by molar-refractivity contribution is 5.96. The van der Waals surface area contributed by atoms with Crippen molar-refractivity contribution in [3.63, 3.8) is 0 Å². The van der Waals surface area contributed by atoms with Crippen LogP contribution in [0.2, 0.25) is 0 Å². The van der Waals surface area contributed by atoms with E-state index in [-0.39, 0.29) is 24.3 Å². The average molecular weight is 291 g/mol. The van der Waals surface area contributed by atoms with Crippen LogP contribution in [-0.2, 0) is 11.3 Å². The number of amides is 3. The van der Waals surface area contributed by atoms with E-state index in [0.29, 0.717) is 25.7 Å². The number of nitrogens with zero attached hydrogens (tertiary/aromatic N) is 2. The number of carbonyl (C=O) groups excluding carboxylic acids is 2. The van der Waals surface area contributed by atoms with Gasteiger partial charge in [0, 0.05) is 25.7 Å². The summed E-state index contributed by atoms with van der Waals surface area (Å²) in [6, 6.07) is 6.41. The first-order valence-electron chi connectivity index (χ1n) is 7.20. The smallest absolute Gasteiger partial charge is 0.324 e. The molecule has 0 spiro atoms. The average Bonchev–Trinajstić information content (AvgIpc) is 3.22. The van der Waals surface area contributed by atoms with Crippen molar-refractivity contribution >= 4 is 11.9 Å². The van der Waals surface area contributed by atoms with Crippen LogP contribution in [0.5, 0.6) is 0 Å². The first-order chi connectivity index (χ1) is 10.1. The molecule has 0 unspecified atom stereocenters. The number of hydrogen-bond acceptors (Lipinski definition) is 3. The quantitative estimate of drug-likeness (QED) is 0.891. The standard InChI is InChI=1S/C15H18FN3O2/c16-12-3-1-11(2-4-12)9-18(13-5-6-13)10-14(20)19-8-7-17-15(19)21/h1-4,13H,5-10H2,(H,17,21). The Morgan fingerprint density at radius 2 is 2.05 bits per heavy atom. The maximum Gasteiger partial charge on any atom is 0.324 e. The Balaban J connectivity index is 1.63. The molecular formula is C15H18FN3O2. The molecule has 1 aliphatic heterocycles. The molecule has 3 amide bonds. The van der Waals surface area contributed by atoms with E-state index in [1.165, 1.54) is 17.0 Å². The van der Waals surface area contributed by atoms with Crippen LogP contribution in [0, 0.1) is 5.82 Å². The van der Waals surface area contributed by atoms with E-state index >= 15 is 0 Å². The van der Waals surface area contributed by atoms with Gasteiger partial charge in [-0.05, 0) is 30.5 Å². The van der Waals surface area contributed by atoms with E-state index in [0.717, 1.165) is 18.4 Å². The van der Waals surface area contributed by atoms with Gasteiger partial charge in [-0.2, -0.15) is 0 Å². The second-order valence-electron chi connectivity index (χ2n) is 5.54. The van der Waals surface area contributed by atoms with Crippen molar-refractivity contribution in [3.8, 4) is 0 Å². The Kier molecular flexibility index (Phi) is 3.88. The fraction of sp³-hybridized carbons (Fsp3) is 0.467. The van der Waals surface area contributed by atoms with E-state index < -0.39 is 0 Å². The minimum absolute atomic E-state index is 0.168. The number of rotatable bonds is 5. The normalized spacial score (nSPS) is 18.2. The minimum Gasteiger partial charge on any atom is -0.336 e. The fourth-order valence-electron chi connectivity index (χ4n) is 2.55. The largest absolute Gasteiger partial charge is 0.336 e. The van der Waals surface area contributed by atoms with Crippen molar-refractivity contribution in [3.05, 3.63) is 35.6 Å². The molecule has 6 heteroatoms. The highest BCUT2D eigenvalue weighted by atomic mass is 19.1. The summed E-state index contributed by atoms with van der Waals surface area (Å²) >= 11 is 0. The molecule has 1 aromatic carbocycles. The van der Waals surface area contributed by atoms with Gasteiger partial charge in [0.05, 0.1) is 6.54 Å². The number of nitrogens with one attached hydrogen (secondary N) is 1. The van der Waals surface area contributed by atoms with Gasteiger partial charge in [0.15, 0.2) is 0 Å². The Morgan fingerprint density at radius 1 is 1.33 bits per heavy atom. The molecular weight excluding hydrogens is 273 g/mol. The summed E-state index contributed by atoms with van der Waals surface area (Å²) < 4.78 is 12.9. The van der Waals surface area contributed by atoms with Gasteiger partial charge in [0.25, 0.3) is 0 Å². The van der Waals surface area contributed by atoms with Gasteiger partial charge in [-0.1, -0.05) is 12.1 Å². The third kappa shape index (κ3) is 3.39. The zero-order valence-corrected chi connectivity index (χ0v) is 11.7. The first-order valence-corrected chi connectivity index (χ1v) is 7.20. The van der Waals surface area contributed by atoms with Crippen LogP contribution in [0.1, 0.15) is 18.4 Å². The second-order valence-corrected chi connectivity index (χ2v) is 5.54. The molecule has 112 valence electrons. The fourth-order valence-corrected chi connectivity index (χ4v) is 2.55. The SMILES string of the molecule is O=C(CN(Cc1ccc(F)cc1)C1CC1)N1CCNC1=O. The third-order valence-corrected chi connectivity index (χ3v) is 3.86. The molecule has 0 radical (unpaired) electrons. The molecule has 5 nitrogen and oxygen atoms in total. The Morgan fingerprint density at radius 3 is 2.62 bits per heavy atom. The predicted molar refractivity (Wildman–Crippen MR) is 74.9 cm³/mol. The number of hydrogen-bond donors (Lipinski definition) is 1. The molecule has 1 heterocycles. The van der Waals surface area contributed by atoms with Gasteiger partial charge in [-0.25, -0.2) is 9.18 Å². The third-order valence-electron chi connectivity index (χ3n) is 3.86. The molecule has 1 saturated heterocycles. The predicted octanol–water partition coefficient (Wildman–Crippen LogP) is 1.34. The van der Waals surface area contributed by atoms with Gasteiger partial charge in [0.2, 0.25) is 5.91 Å². The highest BCUT2D eigenvalue weighted by Crippen LogP contribution is 2.28. The number of benzene rings is 1.